The fourth-order valence-electron chi connectivity index (χ4n) is 3.65. The third kappa shape index (κ3) is 4.80. The van der Waals surface area contributed by atoms with Gasteiger partial charge in [-0.25, -0.2) is 9.37 Å². The molecule has 0 aliphatic carbocycles. The number of ether oxygens (including phenoxy) is 1. The van der Waals surface area contributed by atoms with Crippen molar-refractivity contribution >= 4 is 49.3 Å². The van der Waals surface area contributed by atoms with Crippen molar-refractivity contribution in [1.82, 2.24) is 14.9 Å². The standard InChI is InChI=1S/C25H20FN3O4S2/c1-32-16-9-7-15(8-10-16)13-29-24(31)23-22(21-18(26)5-2-6-19(21)35-23)28-25(29)34-14-20(30)27-12-17-4-3-11-33-17/h2-11H,12-14H2,1H3,(H,27,30). The van der Waals surface area contributed by atoms with Crippen LogP contribution in [0.15, 0.2) is 75.2 Å². The number of benzene rings is 2. The highest BCUT2D eigenvalue weighted by Gasteiger charge is 2.19. The fraction of sp³-hybridized carbons (Fsp3) is 0.160. The second-order valence-corrected chi connectivity index (χ2v) is 9.67. The first-order valence-corrected chi connectivity index (χ1v) is 12.5. The molecule has 0 fully saturated rings. The molecule has 0 unspecified atom stereocenters. The van der Waals surface area contributed by atoms with Crippen LogP contribution in [0.5, 0.6) is 5.75 Å². The summed E-state index contributed by atoms with van der Waals surface area (Å²) >= 11 is 2.35. The molecule has 0 bridgehead atoms. The van der Waals surface area contributed by atoms with Crippen LogP contribution in [-0.2, 0) is 17.9 Å². The van der Waals surface area contributed by atoms with Crippen molar-refractivity contribution in [3.05, 3.63) is 88.4 Å². The van der Waals surface area contributed by atoms with E-state index in [0.717, 1.165) is 17.3 Å². The van der Waals surface area contributed by atoms with E-state index in [-0.39, 0.29) is 30.3 Å². The third-order valence-electron chi connectivity index (χ3n) is 5.39. The highest BCUT2D eigenvalue weighted by Crippen LogP contribution is 2.33. The van der Waals surface area contributed by atoms with Gasteiger partial charge >= 0.3 is 0 Å². The van der Waals surface area contributed by atoms with E-state index in [0.29, 0.717) is 37.0 Å². The number of furan rings is 1. The fourth-order valence-corrected chi connectivity index (χ4v) is 5.58. The maximum atomic E-state index is 14.6. The smallest absolute Gasteiger partial charge is 0.272 e. The lowest BCUT2D eigenvalue weighted by Gasteiger charge is -2.12. The highest BCUT2D eigenvalue weighted by molar-refractivity contribution is 7.99. The Labute approximate surface area is 207 Å². The molecule has 0 saturated heterocycles. The van der Waals surface area contributed by atoms with Crippen molar-refractivity contribution in [3.8, 4) is 5.75 Å². The van der Waals surface area contributed by atoms with Crippen LogP contribution in [0.2, 0.25) is 0 Å². The molecule has 10 heteroatoms. The number of rotatable bonds is 8. The Morgan fingerprint density at radius 1 is 1.20 bits per heavy atom. The number of carbonyl (C=O) groups is 1. The van der Waals surface area contributed by atoms with Crippen LogP contribution in [0.25, 0.3) is 20.3 Å². The maximum Gasteiger partial charge on any atom is 0.272 e. The number of fused-ring (bicyclic) bond motifs is 3. The average molecular weight is 510 g/mol. The number of hydrogen-bond donors (Lipinski definition) is 1. The van der Waals surface area contributed by atoms with Crippen molar-refractivity contribution in [2.45, 2.75) is 18.2 Å². The molecule has 5 aromatic rings. The van der Waals surface area contributed by atoms with Gasteiger partial charge in [0, 0.05) is 4.70 Å². The van der Waals surface area contributed by atoms with Crippen LogP contribution in [0, 0.1) is 5.82 Å². The summed E-state index contributed by atoms with van der Waals surface area (Å²) in [6, 6.07) is 15.6. The minimum Gasteiger partial charge on any atom is -0.497 e. The molecule has 0 saturated carbocycles. The summed E-state index contributed by atoms with van der Waals surface area (Å²) < 4.78 is 27.7. The van der Waals surface area contributed by atoms with Crippen molar-refractivity contribution in [2.75, 3.05) is 12.9 Å². The second kappa shape index (κ2) is 9.93. The zero-order chi connectivity index (χ0) is 24.4. The van der Waals surface area contributed by atoms with Gasteiger partial charge in [-0.1, -0.05) is 30.0 Å². The van der Waals surface area contributed by atoms with Gasteiger partial charge in [-0.2, -0.15) is 0 Å². The predicted molar refractivity (Wildman–Crippen MR) is 135 cm³/mol. The van der Waals surface area contributed by atoms with E-state index in [1.165, 1.54) is 28.2 Å². The minimum absolute atomic E-state index is 0.0336. The first-order chi connectivity index (χ1) is 17.0. The number of methoxy groups -OCH3 is 1. The number of halogens is 1. The first-order valence-electron chi connectivity index (χ1n) is 10.7. The van der Waals surface area contributed by atoms with Crippen molar-refractivity contribution in [2.24, 2.45) is 0 Å². The number of carbonyl (C=O) groups excluding carboxylic acids is 1. The van der Waals surface area contributed by atoms with Gasteiger partial charge in [-0.05, 0) is 42.0 Å². The Morgan fingerprint density at radius 3 is 2.77 bits per heavy atom. The quantitative estimate of drug-likeness (QED) is 0.239. The molecule has 2 aromatic carbocycles. The maximum absolute atomic E-state index is 14.6. The molecule has 0 atom stereocenters. The molecule has 178 valence electrons. The molecule has 35 heavy (non-hydrogen) atoms. The van der Waals surface area contributed by atoms with Gasteiger partial charge < -0.3 is 14.5 Å². The van der Waals surface area contributed by atoms with Gasteiger partial charge in [0.25, 0.3) is 5.56 Å². The second-order valence-electron chi connectivity index (χ2n) is 7.67. The molecular formula is C25H20FN3O4S2. The zero-order valence-corrected chi connectivity index (χ0v) is 20.2. The Balaban J connectivity index is 1.50. The number of hydrogen-bond acceptors (Lipinski definition) is 7. The number of amides is 1. The third-order valence-corrected chi connectivity index (χ3v) is 7.50. The van der Waals surface area contributed by atoms with Crippen LogP contribution in [0.3, 0.4) is 0 Å². The van der Waals surface area contributed by atoms with E-state index >= 15 is 0 Å². The lowest BCUT2D eigenvalue weighted by molar-refractivity contribution is -0.118. The van der Waals surface area contributed by atoms with Gasteiger partial charge in [0.2, 0.25) is 5.91 Å². The molecular weight excluding hydrogens is 489 g/mol. The average Bonchev–Trinajstić information content (AvgIpc) is 3.52. The van der Waals surface area contributed by atoms with Gasteiger partial charge in [0.05, 0.1) is 37.6 Å². The molecule has 1 amide bonds. The SMILES string of the molecule is COc1ccc(Cn2c(SCC(=O)NCc3ccco3)nc3c(sc4cccc(F)c43)c2=O)cc1. The molecule has 1 N–H and O–H groups in total. The van der Waals surface area contributed by atoms with Crippen LogP contribution >= 0.6 is 23.1 Å². The van der Waals surface area contributed by atoms with Crippen LogP contribution in [-0.4, -0.2) is 28.3 Å². The van der Waals surface area contributed by atoms with Gasteiger partial charge in [0.1, 0.15) is 27.5 Å². The van der Waals surface area contributed by atoms with Gasteiger partial charge in [-0.3, -0.25) is 14.2 Å². The minimum atomic E-state index is -0.430. The van der Waals surface area contributed by atoms with Crippen LogP contribution in [0.1, 0.15) is 11.3 Å². The van der Waals surface area contributed by atoms with E-state index in [2.05, 4.69) is 10.3 Å². The number of aromatic nitrogens is 2. The van der Waals surface area contributed by atoms with E-state index in [9.17, 15) is 14.0 Å². The Bertz CT molecular complexity index is 1560. The summed E-state index contributed by atoms with van der Waals surface area (Å²) in [7, 11) is 1.59. The van der Waals surface area contributed by atoms with Gasteiger partial charge in [-0.15, -0.1) is 11.3 Å². The van der Waals surface area contributed by atoms with Crippen molar-refractivity contribution < 1.29 is 18.3 Å². The number of nitrogens with one attached hydrogen (secondary N) is 1. The monoisotopic (exact) mass is 509 g/mol. The number of thiophene rings is 1. The number of nitrogens with zero attached hydrogens (tertiary/aromatic N) is 2. The lowest BCUT2D eigenvalue weighted by atomic mass is 10.2. The van der Waals surface area contributed by atoms with Crippen LogP contribution in [0.4, 0.5) is 4.39 Å². The summed E-state index contributed by atoms with van der Waals surface area (Å²) in [4.78, 5) is 30.7. The highest BCUT2D eigenvalue weighted by atomic mass is 32.2. The molecule has 0 radical (unpaired) electrons. The largest absolute Gasteiger partial charge is 0.497 e. The molecule has 5 rings (SSSR count). The molecule has 7 nitrogen and oxygen atoms in total. The van der Waals surface area contributed by atoms with E-state index in [1.54, 1.807) is 31.4 Å². The number of thioether (sulfide) groups is 1. The lowest BCUT2D eigenvalue weighted by Crippen LogP contribution is -2.26. The summed E-state index contributed by atoms with van der Waals surface area (Å²) in [6.45, 7) is 0.511. The molecule has 0 spiro atoms. The predicted octanol–water partition coefficient (Wildman–Crippen LogP) is 4.81. The summed E-state index contributed by atoms with van der Waals surface area (Å²) in [5, 5.41) is 3.45. The molecule has 0 aliphatic rings. The topological polar surface area (TPSA) is 86.4 Å². The normalized spacial score (nSPS) is 11.3. The van der Waals surface area contributed by atoms with E-state index in [1.807, 2.05) is 24.3 Å². The first kappa shape index (κ1) is 23.1. The van der Waals surface area contributed by atoms with E-state index < -0.39 is 5.82 Å². The Kier molecular flexibility index (Phi) is 6.56. The summed E-state index contributed by atoms with van der Waals surface area (Å²) in [5.74, 6) is 0.710. The van der Waals surface area contributed by atoms with Crippen molar-refractivity contribution in [1.29, 1.82) is 0 Å². The van der Waals surface area contributed by atoms with Crippen molar-refractivity contribution in [3.63, 3.8) is 0 Å². The van der Waals surface area contributed by atoms with Crippen LogP contribution < -0.4 is 15.6 Å². The summed E-state index contributed by atoms with van der Waals surface area (Å²) in [5.41, 5.74) is 0.910. The zero-order valence-electron chi connectivity index (χ0n) is 18.6. The van der Waals surface area contributed by atoms with Gasteiger partial charge in [0.15, 0.2) is 5.16 Å². The summed E-state index contributed by atoms with van der Waals surface area (Å²) in [6.07, 6.45) is 1.54. The Hall–Kier alpha value is -3.63. The Morgan fingerprint density at radius 2 is 2.03 bits per heavy atom. The molecule has 0 aliphatic heterocycles. The van der Waals surface area contributed by atoms with E-state index in [4.69, 9.17) is 9.15 Å². The molecule has 3 aromatic heterocycles. The molecule has 3 heterocycles.